The quantitative estimate of drug-likeness (QED) is 0.715. The number of carbonyl (C=O) groups excluding carboxylic acids is 1. The van der Waals surface area contributed by atoms with Gasteiger partial charge in [0.2, 0.25) is 5.91 Å². The molecule has 0 aliphatic rings. The van der Waals surface area contributed by atoms with Crippen molar-refractivity contribution in [2.24, 2.45) is 0 Å². The van der Waals surface area contributed by atoms with Gasteiger partial charge in [-0.3, -0.25) is 4.79 Å². The summed E-state index contributed by atoms with van der Waals surface area (Å²) in [6.07, 6.45) is 0. The molecule has 4 nitrogen and oxygen atoms in total. The molecule has 0 radical (unpaired) electrons. The van der Waals surface area contributed by atoms with Crippen molar-refractivity contribution >= 4 is 17.2 Å². The van der Waals surface area contributed by atoms with Gasteiger partial charge in [-0.2, -0.15) is 0 Å². The first-order valence-electron chi connectivity index (χ1n) is 6.51. The fourth-order valence-corrected chi connectivity index (χ4v) is 2.53. The Hall–Kier alpha value is -0.910. The molecule has 5 heteroatoms. The van der Waals surface area contributed by atoms with Gasteiger partial charge in [-0.25, -0.2) is 0 Å². The monoisotopic (exact) mass is 284 g/mol. The molecule has 1 aromatic heterocycles. The second-order valence-corrected chi connectivity index (χ2v) is 6.20. The Morgan fingerprint density at radius 2 is 2.26 bits per heavy atom. The molecule has 0 aliphatic carbocycles. The van der Waals surface area contributed by atoms with Crippen molar-refractivity contribution in [3.05, 3.63) is 22.4 Å². The zero-order valence-electron chi connectivity index (χ0n) is 12.2. The summed E-state index contributed by atoms with van der Waals surface area (Å²) in [7, 11) is 1.62. The lowest BCUT2D eigenvalue weighted by Crippen LogP contribution is -2.46. The SMILES string of the molecule is COCCNC(=O)C(C)NCC(C)(C)c1cccs1. The number of carbonyl (C=O) groups is 1. The maximum Gasteiger partial charge on any atom is 0.236 e. The first-order valence-corrected chi connectivity index (χ1v) is 7.39. The standard InChI is InChI=1S/C14H24N2O2S/c1-11(13(17)15-7-8-18-4)16-10-14(2,3)12-6-5-9-19-12/h5-6,9,11,16H,7-8,10H2,1-4H3,(H,15,17). The molecule has 1 amide bonds. The highest BCUT2D eigenvalue weighted by molar-refractivity contribution is 7.10. The van der Waals surface area contributed by atoms with E-state index in [9.17, 15) is 4.79 Å². The maximum atomic E-state index is 11.8. The summed E-state index contributed by atoms with van der Waals surface area (Å²) < 4.78 is 4.90. The van der Waals surface area contributed by atoms with Crippen LogP contribution in [0.1, 0.15) is 25.6 Å². The van der Waals surface area contributed by atoms with Crippen LogP contribution in [0.2, 0.25) is 0 Å². The molecule has 0 saturated heterocycles. The molecule has 1 rings (SSSR count). The molecule has 2 N–H and O–H groups in total. The summed E-state index contributed by atoms with van der Waals surface area (Å²) in [6, 6.07) is 3.99. The fourth-order valence-electron chi connectivity index (χ4n) is 1.68. The molecule has 0 spiro atoms. The highest BCUT2D eigenvalue weighted by atomic mass is 32.1. The normalized spacial score (nSPS) is 13.3. The lowest BCUT2D eigenvalue weighted by atomic mass is 9.91. The highest BCUT2D eigenvalue weighted by Crippen LogP contribution is 2.26. The van der Waals surface area contributed by atoms with E-state index in [-0.39, 0.29) is 17.4 Å². The molecule has 0 saturated carbocycles. The lowest BCUT2D eigenvalue weighted by Gasteiger charge is -2.26. The van der Waals surface area contributed by atoms with E-state index in [0.29, 0.717) is 13.2 Å². The van der Waals surface area contributed by atoms with Gasteiger partial charge in [0.15, 0.2) is 0 Å². The van der Waals surface area contributed by atoms with Crippen molar-refractivity contribution in [2.75, 3.05) is 26.8 Å². The average molecular weight is 284 g/mol. The van der Waals surface area contributed by atoms with Crippen LogP contribution in [0.5, 0.6) is 0 Å². The van der Waals surface area contributed by atoms with E-state index in [1.165, 1.54) is 4.88 Å². The van der Waals surface area contributed by atoms with E-state index in [4.69, 9.17) is 4.74 Å². The predicted molar refractivity (Wildman–Crippen MR) is 79.7 cm³/mol. The van der Waals surface area contributed by atoms with Crippen molar-refractivity contribution in [3.63, 3.8) is 0 Å². The van der Waals surface area contributed by atoms with E-state index in [1.807, 2.05) is 6.92 Å². The van der Waals surface area contributed by atoms with Crippen molar-refractivity contribution in [2.45, 2.75) is 32.2 Å². The second kappa shape index (κ2) is 7.62. The molecule has 1 unspecified atom stereocenters. The molecule has 19 heavy (non-hydrogen) atoms. The van der Waals surface area contributed by atoms with Gasteiger partial charge in [0.25, 0.3) is 0 Å². The van der Waals surface area contributed by atoms with Crippen LogP contribution < -0.4 is 10.6 Å². The molecule has 1 heterocycles. The largest absolute Gasteiger partial charge is 0.383 e. The smallest absolute Gasteiger partial charge is 0.236 e. The summed E-state index contributed by atoms with van der Waals surface area (Å²) in [4.78, 5) is 13.1. The van der Waals surface area contributed by atoms with Crippen LogP contribution in [0, 0.1) is 0 Å². The summed E-state index contributed by atoms with van der Waals surface area (Å²) in [5.74, 6) is 0.0130. The Morgan fingerprint density at radius 3 is 2.84 bits per heavy atom. The van der Waals surface area contributed by atoms with Crippen molar-refractivity contribution in [1.29, 1.82) is 0 Å². The van der Waals surface area contributed by atoms with E-state index in [0.717, 1.165) is 6.54 Å². The minimum absolute atomic E-state index is 0.0130. The van der Waals surface area contributed by atoms with Crippen LogP contribution in [0.4, 0.5) is 0 Å². The van der Waals surface area contributed by atoms with Gasteiger partial charge in [0.1, 0.15) is 0 Å². The Kier molecular flexibility index (Phi) is 6.48. The molecule has 1 atom stereocenters. The highest BCUT2D eigenvalue weighted by Gasteiger charge is 2.23. The third kappa shape index (κ3) is 5.30. The molecule has 0 bridgehead atoms. The van der Waals surface area contributed by atoms with Crippen LogP contribution in [0.3, 0.4) is 0 Å². The molecule has 1 aromatic rings. The van der Waals surface area contributed by atoms with E-state index in [1.54, 1.807) is 18.4 Å². The van der Waals surface area contributed by atoms with E-state index < -0.39 is 0 Å². The lowest BCUT2D eigenvalue weighted by molar-refractivity contribution is -0.123. The maximum absolute atomic E-state index is 11.8. The van der Waals surface area contributed by atoms with Gasteiger partial charge in [0.05, 0.1) is 12.6 Å². The number of nitrogens with one attached hydrogen (secondary N) is 2. The van der Waals surface area contributed by atoms with Crippen molar-refractivity contribution < 1.29 is 9.53 Å². The Balaban J connectivity index is 2.37. The van der Waals surface area contributed by atoms with Gasteiger partial charge < -0.3 is 15.4 Å². The van der Waals surface area contributed by atoms with Crippen LogP contribution in [-0.4, -0.2) is 38.8 Å². The summed E-state index contributed by atoms with van der Waals surface area (Å²) in [6.45, 7) is 8.11. The number of amides is 1. The molecule has 0 aromatic carbocycles. The fraction of sp³-hybridized carbons (Fsp3) is 0.643. The van der Waals surface area contributed by atoms with Gasteiger partial charge in [-0.05, 0) is 18.4 Å². The minimum Gasteiger partial charge on any atom is -0.383 e. The molecule has 0 aliphatic heterocycles. The number of methoxy groups -OCH3 is 1. The molecular formula is C14H24N2O2S. The number of hydrogen-bond donors (Lipinski definition) is 2. The van der Waals surface area contributed by atoms with E-state index >= 15 is 0 Å². The van der Waals surface area contributed by atoms with Crippen LogP contribution in [0.15, 0.2) is 17.5 Å². The summed E-state index contributed by atoms with van der Waals surface area (Å²) in [5, 5.41) is 8.20. The van der Waals surface area contributed by atoms with Crippen LogP contribution in [-0.2, 0) is 14.9 Å². The van der Waals surface area contributed by atoms with Crippen LogP contribution >= 0.6 is 11.3 Å². The summed E-state index contributed by atoms with van der Waals surface area (Å²) >= 11 is 1.75. The Bertz CT molecular complexity index is 377. The molecule has 0 fully saturated rings. The van der Waals surface area contributed by atoms with Gasteiger partial charge in [-0.15, -0.1) is 11.3 Å². The Morgan fingerprint density at radius 1 is 1.53 bits per heavy atom. The number of rotatable bonds is 8. The number of thiophene rings is 1. The molecule has 108 valence electrons. The van der Waals surface area contributed by atoms with Crippen molar-refractivity contribution in [1.82, 2.24) is 10.6 Å². The summed E-state index contributed by atoms with van der Waals surface area (Å²) in [5.41, 5.74) is 0.0369. The second-order valence-electron chi connectivity index (χ2n) is 5.25. The zero-order valence-corrected chi connectivity index (χ0v) is 13.0. The predicted octanol–water partition coefficient (Wildman–Crippen LogP) is 1.77. The zero-order chi connectivity index (χ0) is 14.3. The Labute approximate surface area is 119 Å². The topological polar surface area (TPSA) is 50.4 Å². The third-order valence-electron chi connectivity index (χ3n) is 3.04. The van der Waals surface area contributed by atoms with Crippen LogP contribution in [0.25, 0.3) is 0 Å². The minimum atomic E-state index is -0.198. The average Bonchev–Trinajstić information content (AvgIpc) is 2.90. The first-order chi connectivity index (χ1) is 8.97. The first kappa shape index (κ1) is 16.1. The van der Waals surface area contributed by atoms with Crippen molar-refractivity contribution in [3.8, 4) is 0 Å². The van der Waals surface area contributed by atoms with E-state index in [2.05, 4.69) is 42.0 Å². The van der Waals surface area contributed by atoms with Gasteiger partial charge in [-0.1, -0.05) is 19.9 Å². The number of ether oxygens (including phenoxy) is 1. The molecular weight excluding hydrogens is 260 g/mol. The van der Waals surface area contributed by atoms with Gasteiger partial charge in [0, 0.05) is 30.5 Å². The number of hydrogen-bond acceptors (Lipinski definition) is 4. The third-order valence-corrected chi connectivity index (χ3v) is 4.27. The van der Waals surface area contributed by atoms with Gasteiger partial charge >= 0.3 is 0 Å².